The highest BCUT2D eigenvalue weighted by Crippen LogP contribution is 2.28. The summed E-state index contributed by atoms with van der Waals surface area (Å²) in [7, 11) is 0. The number of H-pyrrole nitrogens is 1. The summed E-state index contributed by atoms with van der Waals surface area (Å²) in [6.07, 6.45) is 7.48. The van der Waals surface area contributed by atoms with Gasteiger partial charge >= 0.3 is 0 Å². The first-order valence-corrected chi connectivity index (χ1v) is 13.4. The molecule has 0 aliphatic carbocycles. The van der Waals surface area contributed by atoms with Gasteiger partial charge in [0.1, 0.15) is 11.5 Å². The number of hydrogen-bond donors (Lipinski definition) is 2. The number of fused-ring (bicyclic) bond motifs is 2. The first-order valence-electron chi connectivity index (χ1n) is 12.4. The zero-order valence-electron chi connectivity index (χ0n) is 20.8. The molecule has 0 spiro atoms. The van der Waals surface area contributed by atoms with E-state index in [0.717, 1.165) is 32.9 Å². The Bertz CT molecular complexity index is 1860. The number of carbonyl (C=O) groups is 1. The fourth-order valence-corrected chi connectivity index (χ4v) is 5.19. The van der Waals surface area contributed by atoms with E-state index in [1.807, 2.05) is 53.3 Å². The Kier molecular flexibility index (Phi) is 6.86. The van der Waals surface area contributed by atoms with Crippen LogP contribution < -0.4 is 5.32 Å². The summed E-state index contributed by atoms with van der Waals surface area (Å²) >= 11 is 1.66. The van der Waals surface area contributed by atoms with E-state index in [9.17, 15) is 9.18 Å². The van der Waals surface area contributed by atoms with Gasteiger partial charge < -0.3 is 14.7 Å². The molecule has 0 aliphatic rings. The summed E-state index contributed by atoms with van der Waals surface area (Å²) < 4.78 is 15.3. The van der Waals surface area contributed by atoms with Crippen LogP contribution in [-0.4, -0.2) is 20.3 Å². The molecule has 5 nitrogen and oxygen atoms in total. The number of nitrogens with one attached hydrogen (secondary N) is 2. The highest BCUT2D eigenvalue weighted by molar-refractivity contribution is 7.98. The van der Waals surface area contributed by atoms with Crippen LogP contribution in [-0.2, 0) is 12.3 Å². The molecule has 6 aromatic rings. The van der Waals surface area contributed by atoms with Crippen molar-refractivity contribution in [1.29, 1.82) is 0 Å². The van der Waals surface area contributed by atoms with E-state index in [2.05, 4.69) is 51.4 Å². The molecular formula is C32H23FN4OS. The summed E-state index contributed by atoms with van der Waals surface area (Å²) in [5, 5.41) is 4.17. The average molecular weight is 531 g/mol. The molecule has 0 aliphatic heterocycles. The minimum atomic E-state index is -0.304. The first-order chi connectivity index (χ1) is 19.1. The normalized spacial score (nSPS) is 10.9. The molecule has 3 heterocycles. The van der Waals surface area contributed by atoms with Crippen LogP contribution in [0.1, 0.15) is 32.6 Å². The molecule has 0 unspecified atom stereocenters. The molecule has 190 valence electrons. The molecule has 0 saturated carbocycles. The van der Waals surface area contributed by atoms with Crippen LogP contribution in [0.4, 0.5) is 4.39 Å². The van der Waals surface area contributed by atoms with Gasteiger partial charge in [0.15, 0.2) is 0 Å². The lowest BCUT2D eigenvalue weighted by atomic mass is 10.1. The quantitative estimate of drug-likeness (QED) is 0.189. The number of aromatic amines is 1. The average Bonchev–Trinajstić information content (AvgIpc) is 3.63. The van der Waals surface area contributed by atoms with Crippen LogP contribution >= 0.6 is 11.8 Å². The second-order valence-electron chi connectivity index (χ2n) is 9.07. The van der Waals surface area contributed by atoms with Crippen LogP contribution in [0.25, 0.3) is 16.6 Å². The molecule has 0 saturated heterocycles. The van der Waals surface area contributed by atoms with E-state index in [4.69, 9.17) is 0 Å². The number of imidazole rings is 1. The van der Waals surface area contributed by atoms with E-state index in [1.54, 1.807) is 30.1 Å². The number of aromatic nitrogens is 3. The van der Waals surface area contributed by atoms with E-state index in [0.29, 0.717) is 17.7 Å². The van der Waals surface area contributed by atoms with Gasteiger partial charge in [0.25, 0.3) is 5.91 Å². The van der Waals surface area contributed by atoms with Crippen molar-refractivity contribution in [3.8, 4) is 11.8 Å². The van der Waals surface area contributed by atoms with Crippen molar-refractivity contribution < 1.29 is 9.18 Å². The zero-order chi connectivity index (χ0) is 26.6. The molecular weight excluding hydrogens is 507 g/mol. The number of hydrogen-bond acceptors (Lipinski definition) is 3. The Morgan fingerprint density at radius 3 is 2.74 bits per heavy atom. The van der Waals surface area contributed by atoms with Gasteiger partial charge in [-0.15, -0.1) is 11.8 Å². The van der Waals surface area contributed by atoms with Crippen molar-refractivity contribution in [3.63, 3.8) is 0 Å². The Hall–Kier alpha value is -4.80. The van der Waals surface area contributed by atoms with Crippen molar-refractivity contribution >= 4 is 34.2 Å². The standard InChI is InChI=1S/C32H23FN4OS/c33-28-8-3-22(4-9-28)1-6-26-19-27(32(38)36-20-23-12-15-37-16-14-35-31(37)18-23)7-10-30(26)39-21-24-2-5-25-11-13-34-29(25)17-24/h2-5,7-19,34H,20-21H2,(H,36,38). The number of amides is 1. The Balaban J connectivity index is 1.23. The van der Waals surface area contributed by atoms with Gasteiger partial charge in [-0.3, -0.25) is 4.79 Å². The van der Waals surface area contributed by atoms with Gasteiger partial charge in [-0.2, -0.15) is 0 Å². The number of carbonyl (C=O) groups excluding carboxylic acids is 1. The summed E-state index contributed by atoms with van der Waals surface area (Å²) in [5.41, 5.74) is 6.05. The topological polar surface area (TPSA) is 62.2 Å². The van der Waals surface area contributed by atoms with Crippen LogP contribution in [0.5, 0.6) is 0 Å². The Morgan fingerprint density at radius 1 is 0.949 bits per heavy atom. The molecule has 0 bridgehead atoms. The minimum Gasteiger partial charge on any atom is -0.361 e. The summed E-state index contributed by atoms with van der Waals surface area (Å²) in [4.78, 5) is 21.6. The van der Waals surface area contributed by atoms with Crippen molar-refractivity contribution in [1.82, 2.24) is 19.7 Å². The molecule has 3 aromatic carbocycles. The van der Waals surface area contributed by atoms with Gasteiger partial charge in [0.05, 0.1) is 0 Å². The van der Waals surface area contributed by atoms with Crippen LogP contribution in [0.2, 0.25) is 0 Å². The third kappa shape index (κ3) is 5.71. The van der Waals surface area contributed by atoms with E-state index < -0.39 is 0 Å². The van der Waals surface area contributed by atoms with Crippen molar-refractivity contribution in [3.05, 3.63) is 137 Å². The maximum atomic E-state index is 13.3. The number of rotatable bonds is 6. The van der Waals surface area contributed by atoms with Gasteiger partial charge in [-0.25, -0.2) is 9.37 Å². The van der Waals surface area contributed by atoms with E-state index in [-0.39, 0.29) is 11.7 Å². The largest absolute Gasteiger partial charge is 0.361 e. The highest BCUT2D eigenvalue weighted by Gasteiger charge is 2.11. The molecule has 7 heteroatoms. The Labute approximate surface area is 229 Å². The lowest BCUT2D eigenvalue weighted by Crippen LogP contribution is -2.23. The second-order valence-corrected chi connectivity index (χ2v) is 10.1. The molecule has 0 radical (unpaired) electrons. The number of halogens is 1. The summed E-state index contributed by atoms with van der Waals surface area (Å²) in [5.74, 6) is 6.58. The van der Waals surface area contributed by atoms with E-state index >= 15 is 0 Å². The first kappa shape index (κ1) is 24.5. The summed E-state index contributed by atoms with van der Waals surface area (Å²) in [6, 6.07) is 24.0. The minimum absolute atomic E-state index is 0.184. The predicted molar refractivity (Wildman–Crippen MR) is 153 cm³/mol. The number of pyridine rings is 1. The van der Waals surface area contributed by atoms with Crippen LogP contribution in [0.15, 0.2) is 109 Å². The molecule has 0 fully saturated rings. The lowest BCUT2D eigenvalue weighted by Gasteiger charge is -2.10. The molecule has 1 amide bonds. The fourth-order valence-electron chi connectivity index (χ4n) is 4.26. The van der Waals surface area contributed by atoms with Gasteiger partial charge in [-0.1, -0.05) is 24.0 Å². The second kappa shape index (κ2) is 10.9. The smallest absolute Gasteiger partial charge is 0.251 e. The van der Waals surface area contributed by atoms with Gasteiger partial charge in [0, 0.05) is 64.2 Å². The number of thioether (sulfide) groups is 1. The molecule has 2 N–H and O–H groups in total. The SMILES string of the molecule is O=C(NCc1ccn2ccnc2c1)c1ccc(SCc2ccc3cc[nH]c3c2)c(C#Cc2ccc(F)cc2)c1. The summed E-state index contributed by atoms with van der Waals surface area (Å²) in [6.45, 7) is 0.385. The molecule has 3 aromatic heterocycles. The predicted octanol–water partition coefficient (Wildman–Crippen LogP) is 6.58. The monoisotopic (exact) mass is 530 g/mol. The van der Waals surface area contributed by atoms with Crippen LogP contribution in [0, 0.1) is 17.7 Å². The number of nitrogens with zero attached hydrogens (tertiary/aromatic N) is 2. The van der Waals surface area contributed by atoms with Gasteiger partial charge in [-0.05, 0) is 83.2 Å². The molecule has 6 rings (SSSR count). The third-order valence-corrected chi connectivity index (χ3v) is 7.50. The van der Waals surface area contributed by atoms with Crippen molar-refractivity contribution in [2.24, 2.45) is 0 Å². The van der Waals surface area contributed by atoms with Gasteiger partial charge in [0.2, 0.25) is 0 Å². The zero-order valence-corrected chi connectivity index (χ0v) is 21.6. The molecule has 39 heavy (non-hydrogen) atoms. The van der Waals surface area contributed by atoms with Crippen molar-refractivity contribution in [2.75, 3.05) is 0 Å². The van der Waals surface area contributed by atoms with Crippen LogP contribution in [0.3, 0.4) is 0 Å². The third-order valence-electron chi connectivity index (χ3n) is 6.36. The maximum absolute atomic E-state index is 13.3. The van der Waals surface area contributed by atoms with Crippen molar-refractivity contribution in [2.45, 2.75) is 17.2 Å². The number of benzene rings is 3. The van der Waals surface area contributed by atoms with E-state index in [1.165, 1.54) is 23.1 Å². The lowest BCUT2D eigenvalue weighted by molar-refractivity contribution is 0.0951. The maximum Gasteiger partial charge on any atom is 0.251 e. The Morgan fingerprint density at radius 2 is 1.85 bits per heavy atom. The highest BCUT2D eigenvalue weighted by atomic mass is 32.2. The molecule has 0 atom stereocenters. The fraction of sp³-hybridized carbons (Fsp3) is 0.0625.